The van der Waals surface area contributed by atoms with Crippen LogP contribution in [0.2, 0.25) is 0 Å². The Morgan fingerprint density at radius 1 is 1.00 bits per heavy atom. The van der Waals surface area contributed by atoms with Crippen LogP contribution < -0.4 is 0 Å². The molecule has 1 unspecified atom stereocenters. The maximum atomic E-state index is 2.67. The standard InChI is InChI=1S/C19H33N3S/c1-20(2)18-8-4-7-11-22(14-18)15-19-12-17(16-23-19)13-21-9-5-3-6-10-21/h12,16,18H,3-11,13-15H2,1-2H3. The maximum absolute atomic E-state index is 2.67. The summed E-state index contributed by atoms with van der Waals surface area (Å²) in [5.41, 5.74) is 1.53. The summed E-state index contributed by atoms with van der Waals surface area (Å²) in [5.74, 6) is 0. The maximum Gasteiger partial charge on any atom is 0.0328 e. The normalized spacial score (nSPS) is 24.9. The molecule has 23 heavy (non-hydrogen) atoms. The molecule has 1 aromatic heterocycles. The molecule has 3 rings (SSSR count). The zero-order valence-electron chi connectivity index (χ0n) is 15.0. The van der Waals surface area contributed by atoms with Gasteiger partial charge in [-0.2, -0.15) is 0 Å². The molecule has 2 fully saturated rings. The number of nitrogens with zero attached hydrogens (tertiary/aromatic N) is 3. The van der Waals surface area contributed by atoms with Gasteiger partial charge in [-0.3, -0.25) is 9.80 Å². The highest BCUT2D eigenvalue weighted by Gasteiger charge is 2.20. The number of thiophene rings is 1. The fourth-order valence-corrected chi connectivity index (χ4v) is 4.87. The van der Waals surface area contributed by atoms with Crippen LogP contribution in [-0.2, 0) is 13.1 Å². The van der Waals surface area contributed by atoms with E-state index in [4.69, 9.17) is 0 Å². The molecule has 130 valence electrons. The Labute approximate surface area is 146 Å². The second kappa shape index (κ2) is 8.61. The molecule has 3 heterocycles. The Morgan fingerprint density at radius 3 is 2.52 bits per heavy atom. The monoisotopic (exact) mass is 335 g/mol. The fraction of sp³-hybridized carbons (Fsp3) is 0.789. The topological polar surface area (TPSA) is 9.72 Å². The summed E-state index contributed by atoms with van der Waals surface area (Å²) in [5, 5.41) is 2.39. The Kier molecular flexibility index (Phi) is 6.52. The average molecular weight is 336 g/mol. The molecule has 0 N–H and O–H groups in total. The van der Waals surface area contributed by atoms with Crippen LogP contribution in [0.5, 0.6) is 0 Å². The number of hydrogen-bond donors (Lipinski definition) is 0. The molecule has 0 aromatic carbocycles. The van der Waals surface area contributed by atoms with E-state index in [9.17, 15) is 0 Å². The third-order valence-corrected chi connectivity index (χ3v) is 6.37. The molecule has 1 atom stereocenters. The molecule has 2 aliphatic heterocycles. The molecule has 0 spiro atoms. The van der Waals surface area contributed by atoms with Gasteiger partial charge in [0.2, 0.25) is 0 Å². The molecule has 0 bridgehead atoms. The van der Waals surface area contributed by atoms with Crippen molar-refractivity contribution in [2.45, 2.75) is 57.7 Å². The second-order valence-corrected chi connectivity index (χ2v) is 8.60. The summed E-state index contributed by atoms with van der Waals surface area (Å²) in [6.45, 7) is 7.39. The third kappa shape index (κ3) is 5.28. The molecule has 0 radical (unpaired) electrons. The van der Waals surface area contributed by atoms with Gasteiger partial charge in [-0.05, 0) is 76.4 Å². The first-order valence-electron chi connectivity index (χ1n) is 9.38. The minimum absolute atomic E-state index is 0.727. The molecular weight excluding hydrogens is 302 g/mol. The van der Waals surface area contributed by atoms with Crippen LogP contribution in [0.3, 0.4) is 0 Å². The summed E-state index contributed by atoms with van der Waals surface area (Å²) >= 11 is 1.97. The SMILES string of the molecule is CN(C)C1CCCCN(Cc2cc(CN3CCCCC3)cs2)C1. The van der Waals surface area contributed by atoms with Crippen LogP contribution in [0.1, 0.15) is 49.0 Å². The van der Waals surface area contributed by atoms with E-state index >= 15 is 0 Å². The van der Waals surface area contributed by atoms with Gasteiger partial charge in [0, 0.05) is 30.6 Å². The molecule has 0 saturated carbocycles. The Balaban J connectivity index is 1.53. The Bertz CT molecular complexity index is 465. The highest BCUT2D eigenvalue weighted by Crippen LogP contribution is 2.22. The lowest BCUT2D eigenvalue weighted by Gasteiger charge is -2.28. The molecule has 4 heteroatoms. The van der Waals surface area contributed by atoms with Crippen LogP contribution >= 0.6 is 11.3 Å². The van der Waals surface area contributed by atoms with Gasteiger partial charge >= 0.3 is 0 Å². The molecular formula is C19H33N3S. The minimum atomic E-state index is 0.727. The summed E-state index contributed by atoms with van der Waals surface area (Å²) in [4.78, 5) is 9.27. The third-order valence-electron chi connectivity index (χ3n) is 5.40. The summed E-state index contributed by atoms with van der Waals surface area (Å²) < 4.78 is 0. The summed E-state index contributed by atoms with van der Waals surface area (Å²) in [6, 6.07) is 3.19. The van der Waals surface area contributed by atoms with Gasteiger partial charge in [-0.1, -0.05) is 12.8 Å². The van der Waals surface area contributed by atoms with Crippen molar-refractivity contribution in [2.24, 2.45) is 0 Å². The second-order valence-electron chi connectivity index (χ2n) is 7.61. The zero-order chi connectivity index (χ0) is 16.1. The van der Waals surface area contributed by atoms with Crippen molar-refractivity contribution < 1.29 is 0 Å². The van der Waals surface area contributed by atoms with Crippen LogP contribution in [0, 0.1) is 0 Å². The van der Waals surface area contributed by atoms with E-state index < -0.39 is 0 Å². The number of rotatable bonds is 5. The summed E-state index contributed by atoms with van der Waals surface area (Å²) in [6.07, 6.45) is 8.29. The van der Waals surface area contributed by atoms with Crippen molar-refractivity contribution in [2.75, 3.05) is 40.3 Å². The first-order chi connectivity index (χ1) is 11.2. The number of piperidine rings is 1. The lowest BCUT2D eigenvalue weighted by molar-refractivity contribution is 0.192. The van der Waals surface area contributed by atoms with Crippen LogP contribution in [0.4, 0.5) is 0 Å². The molecule has 0 amide bonds. The van der Waals surface area contributed by atoms with Crippen molar-refractivity contribution in [3.63, 3.8) is 0 Å². The first-order valence-corrected chi connectivity index (χ1v) is 10.3. The van der Waals surface area contributed by atoms with Crippen molar-refractivity contribution in [1.82, 2.24) is 14.7 Å². The van der Waals surface area contributed by atoms with Gasteiger partial charge in [0.15, 0.2) is 0 Å². The first kappa shape index (κ1) is 17.4. The largest absolute Gasteiger partial charge is 0.305 e. The Morgan fingerprint density at radius 2 is 1.74 bits per heavy atom. The van der Waals surface area contributed by atoms with Gasteiger partial charge < -0.3 is 4.90 Å². The van der Waals surface area contributed by atoms with Gasteiger partial charge in [0.25, 0.3) is 0 Å². The zero-order valence-corrected chi connectivity index (χ0v) is 15.8. The van der Waals surface area contributed by atoms with Gasteiger partial charge in [-0.15, -0.1) is 11.3 Å². The number of likely N-dealkylation sites (tertiary alicyclic amines) is 2. The van der Waals surface area contributed by atoms with E-state index in [2.05, 4.69) is 40.2 Å². The smallest absolute Gasteiger partial charge is 0.0328 e. The van der Waals surface area contributed by atoms with E-state index in [-0.39, 0.29) is 0 Å². The summed E-state index contributed by atoms with van der Waals surface area (Å²) in [7, 11) is 4.46. The van der Waals surface area contributed by atoms with E-state index in [1.807, 2.05) is 11.3 Å². The molecule has 2 saturated heterocycles. The number of hydrogen-bond acceptors (Lipinski definition) is 4. The van der Waals surface area contributed by atoms with Crippen molar-refractivity contribution in [3.8, 4) is 0 Å². The highest BCUT2D eigenvalue weighted by molar-refractivity contribution is 7.10. The van der Waals surface area contributed by atoms with Gasteiger partial charge in [0.05, 0.1) is 0 Å². The predicted molar refractivity (Wildman–Crippen MR) is 100 cm³/mol. The van der Waals surface area contributed by atoms with E-state index in [0.717, 1.165) is 19.1 Å². The fourth-order valence-electron chi connectivity index (χ4n) is 3.95. The lowest BCUT2D eigenvalue weighted by Crippen LogP contribution is -2.38. The average Bonchev–Trinajstić information content (AvgIpc) is 2.83. The lowest BCUT2D eigenvalue weighted by atomic mass is 10.1. The Hall–Kier alpha value is -0.420. The van der Waals surface area contributed by atoms with Crippen molar-refractivity contribution in [1.29, 1.82) is 0 Å². The molecule has 2 aliphatic rings. The van der Waals surface area contributed by atoms with Crippen LogP contribution in [-0.4, -0.2) is 61.0 Å². The highest BCUT2D eigenvalue weighted by atomic mass is 32.1. The molecule has 0 aliphatic carbocycles. The van der Waals surface area contributed by atoms with Gasteiger partial charge in [0.1, 0.15) is 0 Å². The molecule has 3 nitrogen and oxygen atoms in total. The van der Waals surface area contributed by atoms with E-state index in [0.29, 0.717) is 0 Å². The van der Waals surface area contributed by atoms with Gasteiger partial charge in [-0.25, -0.2) is 0 Å². The predicted octanol–water partition coefficient (Wildman–Crippen LogP) is 3.65. The number of likely N-dealkylation sites (N-methyl/N-ethyl adjacent to an activating group) is 1. The van der Waals surface area contributed by atoms with Crippen LogP contribution in [0.15, 0.2) is 11.4 Å². The minimum Gasteiger partial charge on any atom is -0.305 e. The van der Waals surface area contributed by atoms with E-state index in [1.54, 1.807) is 4.88 Å². The van der Waals surface area contributed by atoms with Crippen molar-refractivity contribution in [3.05, 3.63) is 21.9 Å². The van der Waals surface area contributed by atoms with Crippen molar-refractivity contribution >= 4 is 11.3 Å². The molecule has 1 aromatic rings. The van der Waals surface area contributed by atoms with Crippen LogP contribution in [0.25, 0.3) is 0 Å². The van der Waals surface area contributed by atoms with E-state index in [1.165, 1.54) is 70.3 Å². The quantitative estimate of drug-likeness (QED) is 0.813.